The highest BCUT2D eigenvalue weighted by Gasteiger charge is 2.73. The van der Waals surface area contributed by atoms with E-state index in [1.807, 2.05) is 13.8 Å². The zero-order chi connectivity index (χ0) is 83.6. The van der Waals surface area contributed by atoms with Gasteiger partial charge in [0.2, 0.25) is 6.29 Å². The molecule has 12 aliphatic rings. The summed E-state index contributed by atoms with van der Waals surface area (Å²) in [4.78, 5) is 69.1. The summed E-state index contributed by atoms with van der Waals surface area (Å²) in [6.07, 6.45) is -61.1. The summed E-state index contributed by atoms with van der Waals surface area (Å²) in [6.45, 7) is 16.2. The molecular formula is C75H116O39. The van der Waals surface area contributed by atoms with Crippen molar-refractivity contribution < 1.29 is 192 Å². The molecule has 650 valence electrons. The van der Waals surface area contributed by atoms with Crippen LogP contribution in [0.15, 0.2) is 11.6 Å². The van der Waals surface area contributed by atoms with E-state index in [4.69, 9.17) is 75.8 Å². The number of ether oxygens (including phenoxy) is 16. The van der Waals surface area contributed by atoms with Gasteiger partial charge in [-0.25, -0.2) is 4.79 Å². The minimum atomic E-state index is -2.26. The van der Waals surface area contributed by atoms with Crippen LogP contribution in [0.1, 0.15) is 134 Å². The number of allylic oxidation sites excluding steroid dienone is 2. The van der Waals surface area contributed by atoms with E-state index < -0.39 is 309 Å². The van der Waals surface area contributed by atoms with Gasteiger partial charge < -0.3 is 173 Å². The van der Waals surface area contributed by atoms with Gasteiger partial charge in [0, 0.05) is 13.8 Å². The number of carbonyl (C=O) groups excluding carboxylic acids is 4. The highest BCUT2D eigenvalue weighted by atomic mass is 16.8. The average Bonchev–Trinajstić information content (AvgIpc) is 0.669. The van der Waals surface area contributed by atoms with Gasteiger partial charge in [-0.2, -0.15) is 0 Å². The van der Waals surface area contributed by atoms with Gasteiger partial charge in [-0.3, -0.25) is 14.4 Å². The van der Waals surface area contributed by atoms with Crippen LogP contribution in [0.25, 0.3) is 0 Å². The number of hydrogen-bond acceptors (Lipinski definition) is 38. The highest BCUT2D eigenvalue weighted by molar-refractivity contribution is 5.80. The van der Waals surface area contributed by atoms with Crippen molar-refractivity contribution >= 4 is 30.2 Å². The Bertz CT molecular complexity index is 3430. The van der Waals surface area contributed by atoms with Crippen molar-refractivity contribution in [3.63, 3.8) is 0 Å². The van der Waals surface area contributed by atoms with Gasteiger partial charge in [-0.05, 0) is 118 Å². The van der Waals surface area contributed by atoms with Crippen LogP contribution in [-0.4, -0.2) is 363 Å². The summed E-state index contributed by atoms with van der Waals surface area (Å²) in [5.41, 5.74) is -5.41. The van der Waals surface area contributed by atoms with E-state index in [9.17, 15) is 111 Å². The van der Waals surface area contributed by atoms with E-state index >= 15 is 4.79 Å². The van der Waals surface area contributed by atoms with Crippen molar-refractivity contribution in [1.82, 2.24) is 0 Å². The number of fused-ring (bicyclic) bond motifs is 7. The normalized spacial score (nSPS) is 52.8. The molecule has 7 aliphatic heterocycles. The molecule has 0 bridgehead atoms. The molecule has 39 nitrogen and oxygen atoms in total. The molecule has 44 atom stereocenters. The van der Waals surface area contributed by atoms with Crippen LogP contribution >= 0.6 is 0 Å². The van der Waals surface area contributed by atoms with Crippen molar-refractivity contribution in [2.75, 3.05) is 19.8 Å². The van der Waals surface area contributed by atoms with Gasteiger partial charge in [-0.15, -0.1) is 0 Å². The Morgan fingerprint density at radius 3 is 1.63 bits per heavy atom. The summed E-state index contributed by atoms with van der Waals surface area (Å²) >= 11 is 0. The standard InChI is InChI=1S/C75H116O39/c1-26-40(82)44(86)49(91)63(101-26)109-56-53(95)57(61(96)97)110-68(59(56)112-65-50(92)45(87)42(84)34(22-76)105-65)107-39-15-16-71(8)36(72(39,9)25-77)14-17-73(10)37(71)13-12-31-32-20-70(6,7)18-19-75(32,38(81)21-74(31,73)11)69(98)114-67-60(113-64-52(94)47(89)54(27(2)102-64)108-62-48(90)41(83)33(80)23-100-62)58(55(28(3)103-67)104-30(5)79)111-66-51(93)46(88)43(85)35(106-66)24-99-29(4)78/h12,25-28,32-60,62-68,76,80-95H,13-24H2,1-11H3,(H,96,97). The van der Waals surface area contributed by atoms with Crippen LogP contribution in [0.5, 0.6) is 0 Å². The van der Waals surface area contributed by atoms with Crippen molar-refractivity contribution in [1.29, 1.82) is 0 Å². The Labute approximate surface area is 656 Å². The Kier molecular flexibility index (Phi) is 26.5. The molecule has 0 radical (unpaired) electrons. The lowest BCUT2D eigenvalue weighted by molar-refractivity contribution is -0.394. The third kappa shape index (κ3) is 15.8. The van der Waals surface area contributed by atoms with Crippen LogP contribution < -0.4 is 0 Å². The van der Waals surface area contributed by atoms with E-state index in [1.54, 1.807) is 6.92 Å². The van der Waals surface area contributed by atoms with E-state index in [-0.39, 0.29) is 25.2 Å². The molecule has 0 aromatic rings. The van der Waals surface area contributed by atoms with Crippen molar-refractivity contribution in [2.45, 2.75) is 355 Å². The molecule has 5 aliphatic carbocycles. The predicted octanol–water partition coefficient (Wildman–Crippen LogP) is -5.46. The number of aldehydes is 1. The Hall–Kier alpha value is -3.91. The number of hydrogen-bond donors (Lipinski definition) is 18. The monoisotopic (exact) mass is 1640 g/mol. The first kappa shape index (κ1) is 89.4. The fourth-order valence-corrected chi connectivity index (χ4v) is 21.0. The number of esters is 3. The van der Waals surface area contributed by atoms with E-state index in [1.165, 1.54) is 20.8 Å². The number of aliphatic carboxylic acids is 1. The number of aliphatic hydroxyl groups excluding tert-OH is 17. The third-order valence-electron chi connectivity index (χ3n) is 27.8. The average molecular weight is 1640 g/mol. The number of carboxylic acids is 1. The Morgan fingerprint density at radius 1 is 0.491 bits per heavy atom. The van der Waals surface area contributed by atoms with E-state index in [0.717, 1.165) is 25.7 Å². The lowest BCUT2D eigenvalue weighted by Crippen LogP contribution is -2.70. The molecule has 11 fully saturated rings. The predicted molar refractivity (Wildman–Crippen MR) is 372 cm³/mol. The second-order valence-electron chi connectivity index (χ2n) is 35.2. The van der Waals surface area contributed by atoms with Crippen LogP contribution in [-0.2, 0) is 99.8 Å². The Balaban J connectivity index is 0.857. The molecule has 7 heterocycles. The maximum absolute atomic E-state index is 16.4. The van der Waals surface area contributed by atoms with Crippen LogP contribution in [0.3, 0.4) is 0 Å². The molecule has 0 aromatic heterocycles. The minimum Gasteiger partial charge on any atom is -0.479 e. The van der Waals surface area contributed by atoms with Crippen LogP contribution in [0.2, 0.25) is 0 Å². The minimum absolute atomic E-state index is 0.0266. The first-order valence-electron chi connectivity index (χ1n) is 39.2. The zero-order valence-electron chi connectivity index (χ0n) is 65.3. The molecular weight excluding hydrogens is 1520 g/mol. The zero-order valence-corrected chi connectivity index (χ0v) is 65.3. The van der Waals surface area contributed by atoms with E-state index in [0.29, 0.717) is 38.5 Å². The molecule has 114 heavy (non-hydrogen) atoms. The molecule has 0 aromatic carbocycles. The van der Waals surface area contributed by atoms with Gasteiger partial charge in [-0.1, -0.05) is 53.2 Å². The highest BCUT2D eigenvalue weighted by Crippen LogP contribution is 2.76. The second kappa shape index (κ2) is 33.8. The Morgan fingerprint density at radius 2 is 1.03 bits per heavy atom. The fraction of sp³-hybridized carbons (Fsp3) is 0.907. The molecule has 0 amide bonds. The summed E-state index contributed by atoms with van der Waals surface area (Å²) in [5, 5.41) is 201. The lowest BCUT2D eigenvalue weighted by atomic mass is 9.33. The molecule has 12 rings (SSSR count). The first-order valence-corrected chi connectivity index (χ1v) is 39.2. The summed E-state index contributed by atoms with van der Waals surface area (Å²) < 4.78 is 97.3. The smallest absolute Gasteiger partial charge is 0.335 e. The molecule has 39 heteroatoms. The van der Waals surface area contributed by atoms with Crippen LogP contribution in [0.4, 0.5) is 0 Å². The summed E-state index contributed by atoms with van der Waals surface area (Å²) in [6, 6.07) is 0. The molecule has 18 N–H and O–H groups in total. The SMILES string of the molecule is CC(=O)OCC1OC(OC2C(OC(C)=O)C(C)OC(OC(=O)C34CCC(C)(C)CC3C3=CCC5C6(C)CCC(OC7OC(C(=O)O)C(O)C(OC8OC(C)C(O)C(O)C8O)C7OC7OC(CO)C(O)C(O)C7O)C(C)(C=O)C6CCC5(C)C3(C)CC4O)C2OC2OC(C)C(OC3OCC(O)C(O)C3O)C(O)C2O)C(O)C(O)C1O. The molecule has 4 saturated carbocycles. The molecule has 0 spiro atoms. The van der Waals surface area contributed by atoms with Gasteiger partial charge in [0.1, 0.15) is 146 Å². The number of rotatable bonds is 20. The second-order valence-corrected chi connectivity index (χ2v) is 35.2. The van der Waals surface area contributed by atoms with Gasteiger partial charge in [0.25, 0.3) is 0 Å². The topological polar surface area (TPSA) is 597 Å². The third-order valence-corrected chi connectivity index (χ3v) is 27.8. The van der Waals surface area contributed by atoms with Gasteiger partial charge >= 0.3 is 23.9 Å². The van der Waals surface area contributed by atoms with Crippen molar-refractivity contribution in [3.05, 3.63) is 11.6 Å². The lowest BCUT2D eigenvalue weighted by Gasteiger charge is -2.71. The maximum atomic E-state index is 16.4. The summed E-state index contributed by atoms with van der Waals surface area (Å²) in [5.74, 6) is -6.16. The van der Waals surface area contributed by atoms with Gasteiger partial charge in [0.15, 0.2) is 56.1 Å². The van der Waals surface area contributed by atoms with E-state index in [2.05, 4.69) is 26.8 Å². The molecule has 44 unspecified atom stereocenters. The van der Waals surface area contributed by atoms with Crippen molar-refractivity contribution in [2.24, 2.45) is 50.2 Å². The van der Waals surface area contributed by atoms with Crippen LogP contribution in [0, 0.1) is 50.2 Å². The quantitative estimate of drug-likeness (QED) is 0.0178. The molecule has 7 saturated heterocycles. The number of carbonyl (C=O) groups is 5. The number of aliphatic hydroxyl groups is 17. The largest absolute Gasteiger partial charge is 0.479 e. The summed E-state index contributed by atoms with van der Waals surface area (Å²) in [7, 11) is 0. The number of carboxylic acid groups (broad SMARTS) is 1. The maximum Gasteiger partial charge on any atom is 0.335 e. The first-order chi connectivity index (χ1) is 53.3. The van der Waals surface area contributed by atoms with Crippen molar-refractivity contribution in [3.8, 4) is 0 Å². The fourth-order valence-electron chi connectivity index (χ4n) is 21.0. The van der Waals surface area contributed by atoms with Gasteiger partial charge in [0.05, 0.1) is 49.1 Å².